The summed E-state index contributed by atoms with van der Waals surface area (Å²) in [6, 6.07) is 19.0. The van der Waals surface area contributed by atoms with E-state index in [1.54, 1.807) is 12.1 Å². The van der Waals surface area contributed by atoms with E-state index in [0.29, 0.717) is 17.8 Å². The minimum absolute atomic E-state index is 0.182. The fraction of sp³-hybridized carbons (Fsp3) is 0.0909. The van der Waals surface area contributed by atoms with Gasteiger partial charge in [-0.15, -0.1) is 0 Å². The molecule has 1 aromatic heterocycles. The predicted molar refractivity (Wildman–Crippen MR) is 113 cm³/mol. The average Bonchev–Trinajstić information content (AvgIpc) is 3.05. The lowest BCUT2D eigenvalue weighted by molar-refractivity contribution is 0.102. The SMILES string of the molecule is Cn1c(NCc2ccc(C(=O)Nc3ccc(F)cc3N)cc2)nc2ccccc21. The molecule has 0 atom stereocenters. The number of carbonyl (C=O) groups is 1. The van der Waals surface area contributed by atoms with Crippen LogP contribution in [0.1, 0.15) is 15.9 Å². The first-order valence-corrected chi connectivity index (χ1v) is 9.12. The zero-order chi connectivity index (χ0) is 20.4. The van der Waals surface area contributed by atoms with E-state index in [1.165, 1.54) is 18.2 Å². The molecule has 4 N–H and O–H groups in total. The van der Waals surface area contributed by atoms with Gasteiger partial charge in [-0.25, -0.2) is 9.37 Å². The number of amides is 1. The fourth-order valence-electron chi connectivity index (χ4n) is 3.10. The maximum Gasteiger partial charge on any atom is 0.255 e. The van der Waals surface area contributed by atoms with E-state index >= 15 is 0 Å². The van der Waals surface area contributed by atoms with Gasteiger partial charge in [0.2, 0.25) is 5.95 Å². The van der Waals surface area contributed by atoms with Gasteiger partial charge in [-0.1, -0.05) is 24.3 Å². The van der Waals surface area contributed by atoms with Crippen LogP contribution in [0.5, 0.6) is 0 Å². The average molecular weight is 389 g/mol. The molecule has 0 aliphatic carbocycles. The van der Waals surface area contributed by atoms with Crippen molar-refractivity contribution in [2.24, 2.45) is 7.05 Å². The van der Waals surface area contributed by atoms with Crippen molar-refractivity contribution in [1.82, 2.24) is 9.55 Å². The number of imidazole rings is 1. The number of hydrogen-bond acceptors (Lipinski definition) is 4. The molecule has 0 aliphatic rings. The monoisotopic (exact) mass is 389 g/mol. The minimum Gasteiger partial charge on any atom is -0.397 e. The second-order valence-corrected chi connectivity index (χ2v) is 6.72. The van der Waals surface area contributed by atoms with Crippen molar-refractivity contribution in [2.75, 3.05) is 16.4 Å². The predicted octanol–water partition coefficient (Wildman–Crippen LogP) is 4.16. The highest BCUT2D eigenvalue weighted by Gasteiger charge is 2.10. The third-order valence-electron chi connectivity index (χ3n) is 4.72. The summed E-state index contributed by atoms with van der Waals surface area (Å²) in [5.74, 6) is 0.0240. The normalized spacial score (nSPS) is 10.8. The van der Waals surface area contributed by atoms with Crippen molar-refractivity contribution in [2.45, 2.75) is 6.54 Å². The van der Waals surface area contributed by atoms with Crippen LogP contribution in [-0.2, 0) is 13.6 Å². The van der Waals surface area contributed by atoms with Crippen molar-refractivity contribution in [1.29, 1.82) is 0 Å². The third-order valence-corrected chi connectivity index (χ3v) is 4.72. The topological polar surface area (TPSA) is 85.0 Å². The number of para-hydroxylation sites is 2. The number of nitrogens with zero attached hydrogens (tertiary/aromatic N) is 2. The van der Waals surface area contributed by atoms with Crippen molar-refractivity contribution >= 4 is 34.3 Å². The first-order valence-electron chi connectivity index (χ1n) is 9.12. The number of fused-ring (bicyclic) bond motifs is 1. The van der Waals surface area contributed by atoms with Gasteiger partial charge in [-0.3, -0.25) is 4.79 Å². The van der Waals surface area contributed by atoms with E-state index in [1.807, 2.05) is 48.0 Å². The van der Waals surface area contributed by atoms with Gasteiger partial charge in [0, 0.05) is 19.2 Å². The van der Waals surface area contributed by atoms with E-state index < -0.39 is 5.82 Å². The number of benzene rings is 3. The Labute approximate surface area is 167 Å². The van der Waals surface area contributed by atoms with E-state index in [2.05, 4.69) is 15.6 Å². The molecule has 0 bridgehead atoms. The Morgan fingerprint density at radius 3 is 2.59 bits per heavy atom. The second-order valence-electron chi connectivity index (χ2n) is 6.72. The standard InChI is InChI=1S/C22H20FN5O/c1-28-20-5-3-2-4-19(20)27-22(28)25-13-14-6-8-15(9-7-14)21(29)26-18-11-10-16(23)12-17(18)24/h2-12H,13,24H2,1H3,(H,25,27)(H,26,29). The lowest BCUT2D eigenvalue weighted by atomic mass is 10.1. The number of nitrogens with two attached hydrogens (primary N) is 1. The van der Waals surface area contributed by atoms with Crippen LogP contribution in [0.25, 0.3) is 11.0 Å². The number of hydrogen-bond donors (Lipinski definition) is 3. The summed E-state index contributed by atoms with van der Waals surface area (Å²) in [6.07, 6.45) is 0. The Morgan fingerprint density at radius 2 is 1.86 bits per heavy atom. The third kappa shape index (κ3) is 3.89. The molecule has 0 radical (unpaired) electrons. The van der Waals surface area contributed by atoms with Crippen LogP contribution in [0.2, 0.25) is 0 Å². The highest BCUT2D eigenvalue weighted by atomic mass is 19.1. The van der Waals surface area contributed by atoms with Crippen LogP contribution in [-0.4, -0.2) is 15.5 Å². The van der Waals surface area contributed by atoms with Crippen molar-refractivity contribution in [3.05, 3.63) is 83.7 Å². The van der Waals surface area contributed by atoms with Crippen molar-refractivity contribution in [3.8, 4) is 0 Å². The molecule has 0 fully saturated rings. The Hall–Kier alpha value is -3.87. The van der Waals surface area contributed by atoms with E-state index in [0.717, 1.165) is 22.5 Å². The maximum absolute atomic E-state index is 13.1. The summed E-state index contributed by atoms with van der Waals surface area (Å²) in [7, 11) is 1.96. The van der Waals surface area contributed by atoms with Gasteiger partial charge in [0.15, 0.2) is 0 Å². The Bertz CT molecular complexity index is 1180. The van der Waals surface area contributed by atoms with E-state index in [9.17, 15) is 9.18 Å². The molecule has 0 unspecified atom stereocenters. The second kappa shape index (κ2) is 7.63. The summed E-state index contributed by atoms with van der Waals surface area (Å²) >= 11 is 0. The van der Waals surface area contributed by atoms with Gasteiger partial charge < -0.3 is 20.9 Å². The molecule has 0 aliphatic heterocycles. The number of carbonyl (C=O) groups excluding carboxylic acids is 1. The van der Waals surface area contributed by atoms with Gasteiger partial charge in [0.1, 0.15) is 5.82 Å². The Kier molecular flexibility index (Phi) is 4.87. The maximum atomic E-state index is 13.1. The molecular formula is C22H20FN5O. The van der Waals surface area contributed by atoms with Gasteiger partial charge in [0.05, 0.1) is 22.4 Å². The van der Waals surface area contributed by atoms with Gasteiger partial charge >= 0.3 is 0 Å². The summed E-state index contributed by atoms with van der Waals surface area (Å²) in [4.78, 5) is 17.0. The van der Waals surface area contributed by atoms with Gasteiger partial charge in [-0.05, 0) is 48.0 Å². The number of aromatic nitrogens is 2. The Morgan fingerprint density at radius 1 is 1.10 bits per heavy atom. The van der Waals surface area contributed by atoms with Crippen LogP contribution >= 0.6 is 0 Å². The van der Waals surface area contributed by atoms with Crippen LogP contribution < -0.4 is 16.4 Å². The molecule has 29 heavy (non-hydrogen) atoms. The zero-order valence-electron chi connectivity index (χ0n) is 15.8. The van der Waals surface area contributed by atoms with Gasteiger partial charge in [0.25, 0.3) is 5.91 Å². The zero-order valence-corrected chi connectivity index (χ0v) is 15.8. The Balaban J connectivity index is 1.42. The number of rotatable bonds is 5. The first kappa shape index (κ1) is 18.5. The molecule has 0 saturated heterocycles. The molecule has 4 rings (SSSR count). The summed E-state index contributed by atoms with van der Waals surface area (Å²) in [5, 5.41) is 6.01. The molecule has 3 aromatic carbocycles. The number of halogens is 1. The number of nitrogen functional groups attached to an aromatic ring is 1. The van der Waals surface area contributed by atoms with Crippen LogP contribution in [0, 0.1) is 5.82 Å². The summed E-state index contributed by atoms with van der Waals surface area (Å²) in [5.41, 5.74) is 9.78. The molecular weight excluding hydrogens is 369 g/mol. The lowest BCUT2D eigenvalue weighted by Crippen LogP contribution is -2.13. The smallest absolute Gasteiger partial charge is 0.255 e. The molecule has 6 nitrogen and oxygen atoms in total. The quantitative estimate of drug-likeness (QED) is 0.448. The summed E-state index contributed by atoms with van der Waals surface area (Å²) < 4.78 is 15.1. The van der Waals surface area contributed by atoms with Gasteiger partial charge in [-0.2, -0.15) is 0 Å². The molecule has 7 heteroatoms. The molecule has 1 heterocycles. The highest BCUT2D eigenvalue weighted by molar-refractivity contribution is 6.05. The molecule has 4 aromatic rings. The van der Waals surface area contributed by atoms with Crippen molar-refractivity contribution in [3.63, 3.8) is 0 Å². The molecule has 1 amide bonds. The lowest BCUT2D eigenvalue weighted by Gasteiger charge is -2.09. The van der Waals surface area contributed by atoms with Crippen molar-refractivity contribution < 1.29 is 9.18 Å². The number of anilines is 3. The van der Waals surface area contributed by atoms with E-state index in [-0.39, 0.29) is 11.6 Å². The minimum atomic E-state index is -0.446. The molecule has 146 valence electrons. The largest absolute Gasteiger partial charge is 0.397 e. The number of nitrogens with one attached hydrogen (secondary N) is 2. The van der Waals surface area contributed by atoms with Crippen LogP contribution in [0.4, 0.5) is 21.7 Å². The fourth-order valence-corrected chi connectivity index (χ4v) is 3.10. The van der Waals surface area contributed by atoms with Crippen LogP contribution in [0.15, 0.2) is 66.7 Å². The van der Waals surface area contributed by atoms with Crippen LogP contribution in [0.3, 0.4) is 0 Å². The molecule has 0 spiro atoms. The first-order chi connectivity index (χ1) is 14.0. The summed E-state index contributed by atoms with van der Waals surface area (Å²) in [6.45, 7) is 0.573. The highest BCUT2D eigenvalue weighted by Crippen LogP contribution is 2.21. The molecule has 0 saturated carbocycles. The number of aryl methyl sites for hydroxylation is 1. The van der Waals surface area contributed by atoms with E-state index in [4.69, 9.17) is 5.73 Å².